The molecule has 0 fully saturated rings. The molecule has 0 aliphatic rings. The Balaban J connectivity index is 2.61. The molecule has 0 spiro atoms. The number of ether oxygens (including phenoxy) is 2. The van der Waals surface area contributed by atoms with Crippen LogP contribution in [0.3, 0.4) is 0 Å². The highest BCUT2D eigenvalue weighted by Crippen LogP contribution is 2.34. The van der Waals surface area contributed by atoms with Crippen molar-refractivity contribution in [3.05, 3.63) is 35.6 Å². The zero-order valence-corrected chi connectivity index (χ0v) is 13.2. The van der Waals surface area contributed by atoms with E-state index in [0.29, 0.717) is 31.8 Å². The van der Waals surface area contributed by atoms with Crippen molar-refractivity contribution in [1.82, 2.24) is 0 Å². The minimum absolute atomic E-state index is 0.255. The van der Waals surface area contributed by atoms with Crippen molar-refractivity contribution in [2.24, 2.45) is 0 Å². The molecule has 0 aliphatic heterocycles. The second-order valence-electron chi connectivity index (χ2n) is 4.74. The van der Waals surface area contributed by atoms with Crippen LogP contribution in [-0.4, -0.2) is 38.7 Å². The summed E-state index contributed by atoms with van der Waals surface area (Å²) < 4.78 is 24.3. The number of rotatable bonds is 10. The Morgan fingerprint density at radius 3 is 2.40 bits per heavy atom. The molecule has 0 saturated heterocycles. The predicted octanol–water partition coefficient (Wildman–Crippen LogP) is 3.98. The van der Waals surface area contributed by atoms with Gasteiger partial charge in [-0.3, -0.25) is 0 Å². The first-order valence-electron chi connectivity index (χ1n) is 6.64. The Hall–Kier alpha value is -0.350. The molecule has 0 heterocycles. The summed E-state index contributed by atoms with van der Waals surface area (Å²) in [5, 5.41) is 0. The second-order valence-corrected chi connectivity index (χ2v) is 5.27. The molecule has 0 atom stereocenters. The number of halogens is 3. The van der Waals surface area contributed by atoms with E-state index in [9.17, 15) is 4.39 Å². The summed E-state index contributed by atoms with van der Waals surface area (Å²) in [6.45, 7) is 1.72. The molecular weight excluding hydrogens is 302 g/mol. The van der Waals surface area contributed by atoms with Gasteiger partial charge in [0.2, 0.25) is 0 Å². The normalized spacial score (nSPS) is 11.8. The van der Waals surface area contributed by atoms with Gasteiger partial charge in [0.05, 0.1) is 13.2 Å². The van der Waals surface area contributed by atoms with Crippen molar-refractivity contribution in [1.29, 1.82) is 0 Å². The molecule has 0 N–H and O–H groups in total. The van der Waals surface area contributed by atoms with Gasteiger partial charge in [0, 0.05) is 30.9 Å². The molecule has 0 saturated carbocycles. The Kier molecular flexibility index (Phi) is 8.46. The van der Waals surface area contributed by atoms with E-state index in [4.69, 9.17) is 32.7 Å². The molecule has 1 rings (SSSR count). The van der Waals surface area contributed by atoms with E-state index in [1.165, 1.54) is 6.07 Å². The lowest BCUT2D eigenvalue weighted by molar-refractivity contribution is 0.0670. The van der Waals surface area contributed by atoms with Gasteiger partial charge in [0.1, 0.15) is 5.82 Å². The number of hydrogen-bond donors (Lipinski definition) is 0. The maximum Gasteiger partial charge on any atom is 0.127 e. The van der Waals surface area contributed by atoms with Crippen LogP contribution in [0.25, 0.3) is 0 Å². The van der Waals surface area contributed by atoms with Crippen molar-refractivity contribution >= 4 is 23.2 Å². The van der Waals surface area contributed by atoms with Crippen LogP contribution in [0.2, 0.25) is 0 Å². The largest absolute Gasteiger partial charge is 0.382 e. The lowest BCUT2D eigenvalue weighted by Crippen LogP contribution is -2.32. The van der Waals surface area contributed by atoms with Crippen LogP contribution in [-0.2, 0) is 14.9 Å². The highest BCUT2D eigenvalue weighted by atomic mass is 35.5. The quantitative estimate of drug-likeness (QED) is 0.479. The van der Waals surface area contributed by atoms with E-state index in [0.717, 1.165) is 6.42 Å². The smallest absolute Gasteiger partial charge is 0.127 e. The van der Waals surface area contributed by atoms with Gasteiger partial charge >= 0.3 is 0 Å². The second kappa shape index (κ2) is 9.56. The van der Waals surface area contributed by atoms with Crippen LogP contribution in [0.1, 0.15) is 18.4 Å². The van der Waals surface area contributed by atoms with Gasteiger partial charge in [0.15, 0.2) is 0 Å². The molecule has 1 aromatic carbocycles. The number of methoxy groups -OCH3 is 1. The molecular formula is C15H21Cl2FO2. The molecule has 0 unspecified atom stereocenters. The predicted molar refractivity (Wildman–Crippen MR) is 81.4 cm³/mol. The van der Waals surface area contributed by atoms with Gasteiger partial charge < -0.3 is 9.47 Å². The summed E-state index contributed by atoms with van der Waals surface area (Å²) in [6.07, 6.45) is 1.46. The number of benzene rings is 1. The fraction of sp³-hybridized carbons (Fsp3) is 0.600. The average Bonchev–Trinajstić information content (AvgIpc) is 2.48. The van der Waals surface area contributed by atoms with Gasteiger partial charge in [-0.15, -0.1) is 23.2 Å². The van der Waals surface area contributed by atoms with Crippen molar-refractivity contribution in [2.45, 2.75) is 18.3 Å². The summed E-state index contributed by atoms with van der Waals surface area (Å²) >= 11 is 12.2. The zero-order valence-electron chi connectivity index (χ0n) is 11.7. The van der Waals surface area contributed by atoms with Crippen molar-refractivity contribution in [3.8, 4) is 0 Å². The Bertz CT molecular complexity index is 384. The molecule has 5 heteroatoms. The Morgan fingerprint density at radius 1 is 1.10 bits per heavy atom. The van der Waals surface area contributed by atoms with Gasteiger partial charge in [-0.1, -0.05) is 18.2 Å². The first kappa shape index (κ1) is 17.7. The van der Waals surface area contributed by atoms with Crippen LogP contribution < -0.4 is 0 Å². The molecule has 114 valence electrons. The highest BCUT2D eigenvalue weighted by Gasteiger charge is 2.32. The minimum Gasteiger partial charge on any atom is -0.382 e. The molecule has 1 aromatic rings. The maximum atomic E-state index is 14.0. The van der Waals surface area contributed by atoms with Crippen molar-refractivity contribution < 1.29 is 13.9 Å². The van der Waals surface area contributed by atoms with E-state index in [2.05, 4.69) is 0 Å². The van der Waals surface area contributed by atoms with Gasteiger partial charge in [-0.25, -0.2) is 4.39 Å². The van der Waals surface area contributed by atoms with Crippen LogP contribution in [0, 0.1) is 5.82 Å². The molecule has 0 amide bonds. The van der Waals surface area contributed by atoms with Crippen molar-refractivity contribution in [3.63, 3.8) is 0 Å². The van der Waals surface area contributed by atoms with Crippen LogP contribution in [0.5, 0.6) is 0 Å². The van der Waals surface area contributed by atoms with E-state index in [-0.39, 0.29) is 17.6 Å². The third-order valence-electron chi connectivity index (χ3n) is 3.33. The first-order valence-corrected chi connectivity index (χ1v) is 7.70. The van der Waals surface area contributed by atoms with Crippen LogP contribution >= 0.6 is 23.2 Å². The number of hydrogen-bond acceptors (Lipinski definition) is 2. The van der Waals surface area contributed by atoms with E-state index < -0.39 is 5.41 Å². The third kappa shape index (κ3) is 4.88. The average molecular weight is 323 g/mol. The summed E-state index contributed by atoms with van der Waals surface area (Å²) in [7, 11) is 1.63. The SMILES string of the molecule is COCCOCCCC(CCl)(CCl)c1ccccc1F. The van der Waals surface area contributed by atoms with E-state index >= 15 is 0 Å². The summed E-state index contributed by atoms with van der Waals surface area (Å²) in [5.74, 6) is 0.319. The Morgan fingerprint density at radius 2 is 1.80 bits per heavy atom. The molecule has 0 radical (unpaired) electrons. The van der Waals surface area contributed by atoms with E-state index in [1.807, 2.05) is 0 Å². The minimum atomic E-state index is -0.543. The molecule has 0 aliphatic carbocycles. The maximum absolute atomic E-state index is 14.0. The number of alkyl halides is 2. The molecule has 0 aromatic heterocycles. The standard InChI is InChI=1S/C15H21Cl2FO2/c1-19-9-10-20-8-4-7-15(11-16,12-17)13-5-2-3-6-14(13)18/h2-3,5-6H,4,7-12H2,1H3. The summed E-state index contributed by atoms with van der Waals surface area (Å²) in [5.41, 5.74) is 0.0425. The van der Waals surface area contributed by atoms with Gasteiger partial charge in [-0.2, -0.15) is 0 Å². The van der Waals surface area contributed by atoms with Gasteiger partial charge in [-0.05, 0) is 24.5 Å². The first-order chi connectivity index (χ1) is 9.70. The lowest BCUT2D eigenvalue weighted by Gasteiger charge is -2.30. The molecule has 2 nitrogen and oxygen atoms in total. The molecule has 0 bridgehead atoms. The van der Waals surface area contributed by atoms with Crippen LogP contribution in [0.4, 0.5) is 4.39 Å². The summed E-state index contributed by atoms with van der Waals surface area (Å²) in [4.78, 5) is 0. The van der Waals surface area contributed by atoms with Gasteiger partial charge in [0.25, 0.3) is 0 Å². The van der Waals surface area contributed by atoms with E-state index in [1.54, 1.807) is 25.3 Å². The summed E-state index contributed by atoms with van der Waals surface area (Å²) in [6, 6.07) is 6.67. The van der Waals surface area contributed by atoms with Crippen LogP contribution in [0.15, 0.2) is 24.3 Å². The zero-order chi connectivity index (χ0) is 14.8. The monoisotopic (exact) mass is 322 g/mol. The van der Waals surface area contributed by atoms with Crippen molar-refractivity contribution in [2.75, 3.05) is 38.7 Å². The fourth-order valence-corrected chi connectivity index (χ4v) is 2.94. The topological polar surface area (TPSA) is 18.5 Å². The third-order valence-corrected chi connectivity index (χ3v) is 4.36. The highest BCUT2D eigenvalue weighted by molar-refractivity contribution is 6.22. The Labute approximate surface area is 130 Å². The molecule has 20 heavy (non-hydrogen) atoms. The lowest BCUT2D eigenvalue weighted by atomic mass is 9.80. The fourth-order valence-electron chi connectivity index (χ4n) is 2.10.